The Morgan fingerprint density at radius 2 is 1.80 bits per heavy atom. The zero-order valence-electron chi connectivity index (χ0n) is 18.2. The summed E-state index contributed by atoms with van der Waals surface area (Å²) in [5.74, 6) is 0.374. The highest BCUT2D eigenvalue weighted by atomic mass is 32.2. The van der Waals surface area contributed by atoms with Gasteiger partial charge in [-0.3, -0.25) is 15.5 Å². The molecule has 0 aliphatic heterocycles. The molecule has 0 fully saturated rings. The molecule has 3 aromatic carbocycles. The standard InChI is InChI=1S/C23H18FN5O5S/c1-33-19-12-8-17(9-13-19)25-27-22(20(30)14-2-6-16(24)7-3-14)35-23-28-26-21(34-23)15-4-10-18(11-5-15)29(31)32/h2-13,20,25,30H,1H3/b27-22+. The Morgan fingerprint density at radius 1 is 1.11 bits per heavy atom. The summed E-state index contributed by atoms with van der Waals surface area (Å²) < 4.78 is 24.2. The maximum Gasteiger partial charge on any atom is 0.283 e. The van der Waals surface area contributed by atoms with Crippen molar-refractivity contribution in [2.75, 3.05) is 12.5 Å². The highest BCUT2D eigenvalue weighted by molar-refractivity contribution is 8.13. The van der Waals surface area contributed by atoms with Gasteiger partial charge in [0.25, 0.3) is 10.9 Å². The van der Waals surface area contributed by atoms with Crippen LogP contribution in [0, 0.1) is 15.9 Å². The molecule has 1 unspecified atom stereocenters. The first-order chi connectivity index (χ1) is 16.9. The van der Waals surface area contributed by atoms with Crippen molar-refractivity contribution in [3.8, 4) is 17.2 Å². The monoisotopic (exact) mass is 495 g/mol. The minimum absolute atomic E-state index is 0.0655. The predicted molar refractivity (Wildman–Crippen MR) is 128 cm³/mol. The van der Waals surface area contributed by atoms with Crippen LogP contribution in [0.15, 0.2) is 87.5 Å². The SMILES string of the molecule is COc1ccc(N/N=C(/Sc2nnc(-c3ccc([N+](=O)[O-])cc3)o2)C(O)c2ccc(F)cc2)cc1. The number of aliphatic hydroxyl groups is 1. The quantitative estimate of drug-likeness (QED) is 0.113. The molecule has 1 aromatic heterocycles. The number of rotatable bonds is 8. The first kappa shape index (κ1) is 23.9. The van der Waals surface area contributed by atoms with Crippen LogP contribution in [0.5, 0.6) is 5.75 Å². The number of halogens is 1. The number of hydrogen-bond donors (Lipinski definition) is 2. The summed E-state index contributed by atoms with van der Waals surface area (Å²) in [6, 6.07) is 18.0. The molecule has 0 radical (unpaired) electrons. The summed E-state index contributed by atoms with van der Waals surface area (Å²) in [5.41, 5.74) is 4.32. The Bertz CT molecular complexity index is 1330. The van der Waals surface area contributed by atoms with E-state index in [9.17, 15) is 19.6 Å². The molecule has 0 spiro atoms. The number of thioether (sulfide) groups is 1. The highest BCUT2D eigenvalue weighted by Gasteiger charge is 2.21. The van der Waals surface area contributed by atoms with E-state index in [1.807, 2.05) is 0 Å². The highest BCUT2D eigenvalue weighted by Crippen LogP contribution is 2.30. The smallest absolute Gasteiger partial charge is 0.283 e. The molecule has 0 aliphatic carbocycles. The normalized spacial score (nSPS) is 12.3. The van der Waals surface area contributed by atoms with Crippen LogP contribution in [-0.4, -0.2) is 32.4 Å². The average molecular weight is 495 g/mol. The van der Waals surface area contributed by atoms with Gasteiger partial charge in [0.15, 0.2) is 0 Å². The van der Waals surface area contributed by atoms with E-state index in [2.05, 4.69) is 20.7 Å². The van der Waals surface area contributed by atoms with Crippen molar-refractivity contribution in [3.63, 3.8) is 0 Å². The molecule has 12 heteroatoms. The number of nitrogens with one attached hydrogen (secondary N) is 1. The second kappa shape index (κ2) is 10.8. The number of nitro groups is 1. The van der Waals surface area contributed by atoms with Gasteiger partial charge in [-0.15, -0.1) is 10.2 Å². The van der Waals surface area contributed by atoms with Gasteiger partial charge < -0.3 is 14.3 Å². The van der Waals surface area contributed by atoms with E-state index in [-0.39, 0.29) is 21.8 Å². The predicted octanol–water partition coefficient (Wildman–Crippen LogP) is 5.04. The Labute approximate surface area is 202 Å². The minimum Gasteiger partial charge on any atom is -0.497 e. The van der Waals surface area contributed by atoms with E-state index in [1.165, 1.54) is 48.5 Å². The molecule has 0 saturated heterocycles. The number of hydrogen-bond acceptors (Lipinski definition) is 10. The number of anilines is 1. The number of hydrazone groups is 1. The molecule has 0 bridgehead atoms. The Hall–Kier alpha value is -4.29. The van der Waals surface area contributed by atoms with Crippen molar-refractivity contribution >= 4 is 28.2 Å². The van der Waals surface area contributed by atoms with Crippen LogP contribution in [0.1, 0.15) is 11.7 Å². The first-order valence-corrected chi connectivity index (χ1v) is 10.9. The zero-order valence-corrected chi connectivity index (χ0v) is 19.0. The summed E-state index contributed by atoms with van der Waals surface area (Å²) in [5, 5.41) is 34.2. The molecule has 10 nitrogen and oxygen atoms in total. The van der Waals surface area contributed by atoms with Crippen molar-refractivity contribution < 1.29 is 23.6 Å². The lowest BCUT2D eigenvalue weighted by Crippen LogP contribution is -2.11. The fourth-order valence-electron chi connectivity index (χ4n) is 2.90. The lowest BCUT2D eigenvalue weighted by Gasteiger charge is -2.13. The van der Waals surface area contributed by atoms with Crippen LogP contribution in [-0.2, 0) is 0 Å². The summed E-state index contributed by atoms with van der Waals surface area (Å²) in [4.78, 5) is 10.3. The van der Waals surface area contributed by atoms with Gasteiger partial charge in [0, 0.05) is 17.7 Å². The van der Waals surface area contributed by atoms with Gasteiger partial charge in [-0.1, -0.05) is 12.1 Å². The molecule has 2 N–H and O–H groups in total. The van der Waals surface area contributed by atoms with E-state index in [1.54, 1.807) is 31.4 Å². The molecule has 0 saturated carbocycles. The lowest BCUT2D eigenvalue weighted by atomic mass is 10.1. The Morgan fingerprint density at radius 3 is 2.43 bits per heavy atom. The first-order valence-electron chi connectivity index (χ1n) is 10.1. The molecule has 35 heavy (non-hydrogen) atoms. The van der Waals surface area contributed by atoms with Crippen LogP contribution in [0.2, 0.25) is 0 Å². The van der Waals surface area contributed by atoms with Crippen LogP contribution >= 0.6 is 11.8 Å². The number of aromatic nitrogens is 2. The minimum atomic E-state index is -1.22. The van der Waals surface area contributed by atoms with Gasteiger partial charge >= 0.3 is 0 Å². The van der Waals surface area contributed by atoms with Gasteiger partial charge in [-0.25, -0.2) is 4.39 Å². The summed E-state index contributed by atoms with van der Waals surface area (Å²) in [6.07, 6.45) is -1.22. The van der Waals surface area contributed by atoms with Crippen molar-refractivity contribution in [2.45, 2.75) is 11.3 Å². The molecule has 1 atom stereocenters. The van der Waals surface area contributed by atoms with E-state index in [0.717, 1.165) is 11.8 Å². The van der Waals surface area contributed by atoms with Crippen LogP contribution in [0.4, 0.5) is 15.8 Å². The number of nitrogens with zero attached hydrogens (tertiary/aromatic N) is 4. The molecule has 1 heterocycles. The van der Waals surface area contributed by atoms with Crippen LogP contribution < -0.4 is 10.2 Å². The van der Waals surface area contributed by atoms with Crippen molar-refractivity contribution in [1.82, 2.24) is 10.2 Å². The van der Waals surface area contributed by atoms with Crippen LogP contribution in [0.3, 0.4) is 0 Å². The van der Waals surface area contributed by atoms with Gasteiger partial charge in [0.2, 0.25) is 5.89 Å². The Balaban J connectivity index is 1.58. The van der Waals surface area contributed by atoms with E-state index in [4.69, 9.17) is 9.15 Å². The number of aliphatic hydroxyl groups excluding tert-OH is 1. The van der Waals surface area contributed by atoms with Gasteiger partial charge in [0.1, 0.15) is 22.7 Å². The van der Waals surface area contributed by atoms with Crippen molar-refractivity contribution in [3.05, 3.63) is 94.3 Å². The third kappa shape index (κ3) is 5.99. The van der Waals surface area contributed by atoms with Gasteiger partial charge in [0.05, 0.1) is 17.7 Å². The lowest BCUT2D eigenvalue weighted by molar-refractivity contribution is -0.384. The fraction of sp³-hybridized carbons (Fsp3) is 0.0870. The number of methoxy groups -OCH3 is 1. The topological polar surface area (TPSA) is 136 Å². The zero-order chi connectivity index (χ0) is 24.8. The van der Waals surface area contributed by atoms with E-state index >= 15 is 0 Å². The molecule has 4 aromatic rings. The van der Waals surface area contributed by atoms with E-state index in [0.29, 0.717) is 22.6 Å². The van der Waals surface area contributed by atoms with Gasteiger partial charge in [-0.05, 0) is 65.9 Å². The summed E-state index contributed by atoms with van der Waals surface area (Å²) >= 11 is 0.917. The van der Waals surface area contributed by atoms with Gasteiger partial charge in [-0.2, -0.15) is 5.10 Å². The summed E-state index contributed by atoms with van der Waals surface area (Å²) in [6.45, 7) is 0. The average Bonchev–Trinajstić information content (AvgIpc) is 3.35. The molecule has 178 valence electrons. The maximum absolute atomic E-state index is 13.4. The fourth-order valence-corrected chi connectivity index (χ4v) is 3.62. The number of ether oxygens (including phenoxy) is 1. The van der Waals surface area contributed by atoms with Crippen LogP contribution in [0.25, 0.3) is 11.5 Å². The van der Waals surface area contributed by atoms with Crippen molar-refractivity contribution in [1.29, 1.82) is 0 Å². The van der Waals surface area contributed by atoms with Crippen molar-refractivity contribution in [2.24, 2.45) is 5.10 Å². The number of non-ortho nitro benzene ring substituents is 1. The number of benzene rings is 3. The molecule has 0 amide bonds. The second-order valence-electron chi connectivity index (χ2n) is 7.02. The molecule has 0 aliphatic rings. The molecular formula is C23H18FN5O5S. The third-order valence-corrected chi connectivity index (χ3v) is 5.59. The largest absolute Gasteiger partial charge is 0.497 e. The number of nitro benzene ring substituents is 1. The maximum atomic E-state index is 13.4. The summed E-state index contributed by atoms with van der Waals surface area (Å²) in [7, 11) is 1.56. The molecular weight excluding hydrogens is 477 g/mol. The Kier molecular flexibility index (Phi) is 7.33. The molecule has 4 rings (SSSR count). The van der Waals surface area contributed by atoms with E-state index < -0.39 is 16.8 Å². The third-order valence-electron chi connectivity index (χ3n) is 4.73. The second-order valence-corrected chi connectivity index (χ2v) is 8.00.